The molecule has 192 valence electrons. The van der Waals surface area contributed by atoms with Gasteiger partial charge in [-0.1, -0.05) is 40.5 Å². The summed E-state index contributed by atoms with van der Waals surface area (Å²) in [7, 11) is 1.13. The lowest BCUT2D eigenvalue weighted by Crippen LogP contribution is -2.42. The number of methoxy groups -OCH3 is 1. The molecule has 0 spiro atoms. The number of imide groups is 1. The van der Waals surface area contributed by atoms with E-state index in [2.05, 4.69) is 9.89 Å². The summed E-state index contributed by atoms with van der Waals surface area (Å²) in [5.74, 6) is -1.60. The number of aryl methyl sites for hydroxylation is 1. The first-order chi connectivity index (χ1) is 16.8. The van der Waals surface area contributed by atoms with Gasteiger partial charge in [-0.3, -0.25) is 9.59 Å². The van der Waals surface area contributed by atoms with E-state index >= 15 is 0 Å². The monoisotopic (exact) mass is 546 g/mol. The van der Waals surface area contributed by atoms with Crippen LogP contribution >= 0.6 is 23.2 Å². The van der Waals surface area contributed by atoms with Crippen LogP contribution < -0.4 is 0 Å². The van der Waals surface area contributed by atoms with Crippen molar-refractivity contribution in [2.45, 2.75) is 31.5 Å². The van der Waals surface area contributed by atoms with Gasteiger partial charge in [0.15, 0.2) is 0 Å². The van der Waals surface area contributed by atoms with Crippen LogP contribution in [0, 0.1) is 6.92 Å². The molecule has 36 heavy (non-hydrogen) atoms. The number of carbonyl (C=O) groups is 3. The Kier molecular flexibility index (Phi) is 7.85. The van der Waals surface area contributed by atoms with Crippen LogP contribution in [0.15, 0.2) is 41.6 Å². The van der Waals surface area contributed by atoms with Gasteiger partial charge < -0.3 is 14.7 Å². The molecular weight excluding hydrogens is 528 g/mol. The molecule has 1 aliphatic rings. The molecule has 1 N–H and O–H groups in total. The number of ether oxygens (including phenoxy) is 1. The number of esters is 1. The highest BCUT2D eigenvalue weighted by Gasteiger charge is 2.62. The fourth-order valence-electron chi connectivity index (χ4n) is 3.62. The van der Waals surface area contributed by atoms with Gasteiger partial charge in [-0.05, 0) is 42.3 Å². The van der Waals surface area contributed by atoms with Crippen molar-refractivity contribution < 1.29 is 42.2 Å². The molecule has 0 bridgehead atoms. The SMILES string of the molecule is COC(=O)CCN(C(=O)O)C(=O)c1ccc(C2=NOC(c3ccc(Cl)c(Cl)c3)(C(F)(F)F)C2)cc1C. The molecule has 2 amide bonds. The van der Waals surface area contributed by atoms with Crippen molar-refractivity contribution in [2.75, 3.05) is 13.7 Å². The summed E-state index contributed by atoms with van der Waals surface area (Å²) < 4.78 is 47.0. The maximum Gasteiger partial charge on any atom is 0.435 e. The van der Waals surface area contributed by atoms with Gasteiger partial charge in [0.2, 0.25) is 0 Å². The number of carbonyl (C=O) groups excluding carboxylic acids is 2. The van der Waals surface area contributed by atoms with Crippen LogP contribution in [0.5, 0.6) is 0 Å². The Morgan fingerprint density at radius 2 is 1.86 bits per heavy atom. The van der Waals surface area contributed by atoms with E-state index in [0.29, 0.717) is 4.90 Å². The number of hydrogen-bond acceptors (Lipinski definition) is 6. The fourth-order valence-corrected chi connectivity index (χ4v) is 3.92. The Morgan fingerprint density at radius 1 is 1.17 bits per heavy atom. The molecule has 1 aliphatic heterocycles. The molecule has 0 saturated heterocycles. The van der Waals surface area contributed by atoms with Crippen LogP contribution in [-0.4, -0.2) is 53.5 Å². The first kappa shape index (κ1) is 27.3. The molecule has 3 rings (SSSR count). The maximum atomic E-state index is 14.2. The molecule has 1 heterocycles. The van der Waals surface area contributed by atoms with Gasteiger partial charge in [-0.15, -0.1) is 0 Å². The summed E-state index contributed by atoms with van der Waals surface area (Å²) >= 11 is 11.8. The Bertz CT molecular complexity index is 1250. The second-order valence-corrected chi connectivity index (χ2v) is 8.67. The van der Waals surface area contributed by atoms with Crippen LogP contribution in [0.4, 0.5) is 18.0 Å². The number of oxime groups is 1. The summed E-state index contributed by atoms with van der Waals surface area (Å²) in [4.78, 5) is 41.1. The van der Waals surface area contributed by atoms with Crippen LogP contribution in [0.25, 0.3) is 0 Å². The number of carboxylic acid groups (broad SMARTS) is 1. The minimum absolute atomic E-state index is 0.0166. The molecule has 2 aromatic carbocycles. The normalized spacial score (nSPS) is 17.2. The molecule has 0 aliphatic carbocycles. The first-order valence-electron chi connectivity index (χ1n) is 10.3. The summed E-state index contributed by atoms with van der Waals surface area (Å²) in [6.45, 7) is 1.06. The standard InChI is InChI=1S/C23H19Cl2F3N2O6/c1-12-9-13(3-5-15(12)20(32)30(21(33)34)8-7-19(31)35-2)18-11-22(36-29-18,23(26,27)28)14-4-6-16(24)17(25)10-14/h3-6,9-10H,7-8,11H2,1-2H3,(H,33,34). The van der Waals surface area contributed by atoms with Gasteiger partial charge in [0, 0.05) is 24.1 Å². The average molecular weight is 547 g/mol. The smallest absolute Gasteiger partial charge is 0.435 e. The average Bonchev–Trinajstić information content (AvgIpc) is 3.27. The number of hydrogen-bond donors (Lipinski definition) is 1. The largest absolute Gasteiger partial charge is 0.469 e. The number of amides is 2. The van der Waals surface area contributed by atoms with Gasteiger partial charge >= 0.3 is 18.2 Å². The zero-order chi connectivity index (χ0) is 26.8. The predicted octanol–water partition coefficient (Wildman–Crippen LogP) is 5.57. The second-order valence-electron chi connectivity index (χ2n) is 7.85. The molecule has 1 unspecified atom stereocenters. The van der Waals surface area contributed by atoms with E-state index < -0.39 is 42.7 Å². The predicted molar refractivity (Wildman–Crippen MR) is 123 cm³/mol. The molecule has 2 aromatic rings. The second kappa shape index (κ2) is 10.4. The molecule has 8 nitrogen and oxygen atoms in total. The first-order valence-corrected chi connectivity index (χ1v) is 11.1. The Hall–Kier alpha value is -3.31. The van der Waals surface area contributed by atoms with Crippen molar-refractivity contribution in [3.8, 4) is 0 Å². The Balaban J connectivity index is 1.89. The van der Waals surface area contributed by atoms with Crippen LogP contribution in [0.2, 0.25) is 10.0 Å². The van der Waals surface area contributed by atoms with E-state index in [1.54, 1.807) is 0 Å². The van der Waals surface area contributed by atoms with Gasteiger partial charge in [-0.25, -0.2) is 9.69 Å². The van der Waals surface area contributed by atoms with Gasteiger partial charge in [0.25, 0.3) is 11.5 Å². The molecule has 0 fully saturated rings. The van der Waals surface area contributed by atoms with Gasteiger partial charge in [0.05, 0.1) is 29.3 Å². The van der Waals surface area contributed by atoms with E-state index in [1.807, 2.05) is 0 Å². The minimum atomic E-state index is -4.86. The quantitative estimate of drug-likeness (QED) is 0.475. The third-order valence-corrected chi connectivity index (χ3v) is 6.34. The van der Waals surface area contributed by atoms with Crippen LogP contribution in [0.1, 0.15) is 39.9 Å². The van der Waals surface area contributed by atoms with Crippen molar-refractivity contribution in [3.63, 3.8) is 0 Å². The molecule has 13 heteroatoms. The fraction of sp³-hybridized carbons (Fsp3) is 0.304. The topological polar surface area (TPSA) is 106 Å². The molecule has 0 radical (unpaired) electrons. The maximum absolute atomic E-state index is 14.2. The van der Waals surface area contributed by atoms with E-state index in [9.17, 15) is 32.7 Å². The van der Waals surface area contributed by atoms with E-state index in [-0.39, 0.29) is 44.4 Å². The summed E-state index contributed by atoms with van der Waals surface area (Å²) in [6.07, 6.45) is -7.45. The van der Waals surface area contributed by atoms with Crippen molar-refractivity contribution >= 4 is 46.9 Å². The molecule has 1 atom stereocenters. The van der Waals surface area contributed by atoms with Gasteiger partial charge in [0.1, 0.15) is 0 Å². The minimum Gasteiger partial charge on any atom is -0.469 e. The number of rotatable bonds is 6. The lowest BCUT2D eigenvalue weighted by molar-refractivity contribution is -0.275. The lowest BCUT2D eigenvalue weighted by atomic mass is 9.86. The van der Waals surface area contributed by atoms with E-state index in [0.717, 1.165) is 19.2 Å². The zero-order valence-corrected chi connectivity index (χ0v) is 20.4. The van der Waals surface area contributed by atoms with Gasteiger partial charge in [-0.2, -0.15) is 13.2 Å². The lowest BCUT2D eigenvalue weighted by Gasteiger charge is -2.29. The van der Waals surface area contributed by atoms with Crippen molar-refractivity contribution in [3.05, 3.63) is 68.7 Å². The van der Waals surface area contributed by atoms with Crippen molar-refractivity contribution in [2.24, 2.45) is 5.16 Å². The highest BCUT2D eigenvalue weighted by Crippen LogP contribution is 2.49. The third-order valence-electron chi connectivity index (χ3n) is 5.61. The highest BCUT2D eigenvalue weighted by atomic mass is 35.5. The summed E-state index contributed by atoms with van der Waals surface area (Å²) in [5, 5.41) is 13.1. The zero-order valence-electron chi connectivity index (χ0n) is 18.9. The molecular formula is C23H19Cl2F3N2O6. The Morgan fingerprint density at radius 3 is 2.42 bits per heavy atom. The van der Waals surface area contributed by atoms with Crippen LogP contribution in [0.3, 0.4) is 0 Å². The number of benzene rings is 2. The summed E-state index contributed by atoms with van der Waals surface area (Å²) in [5.41, 5.74) is -2.62. The third kappa shape index (κ3) is 5.26. The van der Waals surface area contributed by atoms with Crippen LogP contribution in [-0.2, 0) is 20.0 Å². The number of alkyl halides is 3. The van der Waals surface area contributed by atoms with E-state index in [1.165, 1.54) is 31.2 Å². The van der Waals surface area contributed by atoms with Crippen molar-refractivity contribution in [1.82, 2.24) is 4.90 Å². The highest BCUT2D eigenvalue weighted by molar-refractivity contribution is 6.42. The summed E-state index contributed by atoms with van der Waals surface area (Å²) in [6, 6.07) is 7.46. The molecule has 0 aromatic heterocycles. The molecule has 0 saturated carbocycles. The number of halogens is 5. The number of nitrogens with zero attached hydrogens (tertiary/aromatic N) is 2. The van der Waals surface area contributed by atoms with Crippen molar-refractivity contribution in [1.29, 1.82) is 0 Å². The van der Waals surface area contributed by atoms with E-state index in [4.69, 9.17) is 28.0 Å². The Labute approximate surface area is 213 Å².